The fourth-order valence-corrected chi connectivity index (χ4v) is 0.912. The molecule has 0 spiro atoms. The maximum atomic E-state index is 11.2. The lowest BCUT2D eigenvalue weighted by molar-refractivity contribution is 0.0943. The fraction of sp³-hybridized carbons (Fsp3) is 0.714. The van der Waals surface area contributed by atoms with Crippen molar-refractivity contribution in [2.75, 3.05) is 19.6 Å². The number of aromatic amines is 1. The summed E-state index contributed by atoms with van der Waals surface area (Å²) in [5, 5.41) is 27.0. The highest BCUT2D eigenvalue weighted by Gasteiger charge is 2.08. The Morgan fingerprint density at radius 2 is 2.40 bits per heavy atom. The molecule has 1 aromatic rings. The first kappa shape index (κ1) is 11.5. The maximum Gasteiger partial charge on any atom is 0.292 e. The summed E-state index contributed by atoms with van der Waals surface area (Å²) in [4.78, 5) is 11.2. The molecule has 1 atom stereocenters. The summed E-state index contributed by atoms with van der Waals surface area (Å²) >= 11 is 0. The van der Waals surface area contributed by atoms with E-state index in [1.165, 1.54) is 0 Å². The van der Waals surface area contributed by atoms with Crippen molar-refractivity contribution in [1.29, 1.82) is 0 Å². The number of H-pyrrole nitrogens is 1. The largest absolute Gasteiger partial charge is 0.392 e. The number of amides is 1. The number of nitrogens with one attached hydrogen (secondary N) is 3. The highest BCUT2D eigenvalue weighted by molar-refractivity contribution is 5.89. The first-order valence-electron chi connectivity index (χ1n) is 4.60. The SMILES string of the molecule is CC(O)CNCCNC(=O)c1nn[nH]n1. The zero-order valence-electron chi connectivity index (χ0n) is 8.40. The first-order valence-corrected chi connectivity index (χ1v) is 4.60. The monoisotopic (exact) mass is 214 g/mol. The molecular weight excluding hydrogens is 200 g/mol. The molecule has 0 aromatic carbocycles. The molecule has 8 heteroatoms. The van der Waals surface area contributed by atoms with E-state index in [-0.39, 0.29) is 11.7 Å². The molecule has 0 fully saturated rings. The Labute approximate surface area is 86.5 Å². The van der Waals surface area contributed by atoms with E-state index in [1.807, 2.05) is 0 Å². The second-order valence-electron chi connectivity index (χ2n) is 3.04. The summed E-state index contributed by atoms with van der Waals surface area (Å²) in [6.45, 7) is 3.21. The van der Waals surface area contributed by atoms with Gasteiger partial charge >= 0.3 is 0 Å². The van der Waals surface area contributed by atoms with Crippen LogP contribution in [0.5, 0.6) is 0 Å². The average Bonchev–Trinajstić information content (AvgIpc) is 2.69. The molecule has 0 aliphatic rings. The van der Waals surface area contributed by atoms with Gasteiger partial charge in [-0.25, -0.2) is 0 Å². The smallest absolute Gasteiger partial charge is 0.292 e. The van der Waals surface area contributed by atoms with Gasteiger partial charge in [-0.05, 0) is 12.1 Å². The highest BCUT2D eigenvalue weighted by Crippen LogP contribution is 1.81. The number of aliphatic hydroxyl groups excluding tert-OH is 1. The summed E-state index contributed by atoms with van der Waals surface area (Å²) in [6.07, 6.45) is -0.391. The van der Waals surface area contributed by atoms with Crippen LogP contribution in [0.25, 0.3) is 0 Å². The van der Waals surface area contributed by atoms with Gasteiger partial charge in [0.2, 0.25) is 0 Å². The van der Waals surface area contributed by atoms with Gasteiger partial charge in [-0.1, -0.05) is 0 Å². The summed E-state index contributed by atoms with van der Waals surface area (Å²) in [5.41, 5.74) is 0. The van der Waals surface area contributed by atoms with Gasteiger partial charge < -0.3 is 15.7 Å². The number of carbonyl (C=O) groups excluding carboxylic acids is 1. The summed E-state index contributed by atoms with van der Waals surface area (Å²) < 4.78 is 0. The van der Waals surface area contributed by atoms with Crippen molar-refractivity contribution >= 4 is 5.91 Å². The lowest BCUT2D eigenvalue weighted by Gasteiger charge is -2.06. The molecule has 0 saturated carbocycles. The van der Waals surface area contributed by atoms with Crippen molar-refractivity contribution in [3.63, 3.8) is 0 Å². The van der Waals surface area contributed by atoms with Crippen molar-refractivity contribution in [1.82, 2.24) is 31.3 Å². The quantitative estimate of drug-likeness (QED) is 0.403. The van der Waals surface area contributed by atoms with Crippen molar-refractivity contribution in [2.24, 2.45) is 0 Å². The van der Waals surface area contributed by atoms with Crippen LogP contribution < -0.4 is 10.6 Å². The van der Waals surface area contributed by atoms with E-state index in [0.29, 0.717) is 19.6 Å². The van der Waals surface area contributed by atoms with Crippen LogP contribution in [0.4, 0.5) is 0 Å². The Morgan fingerprint density at radius 3 is 3.00 bits per heavy atom. The molecule has 1 unspecified atom stereocenters. The third-order valence-corrected chi connectivity index (χ3v) is 1.58. The van der Waals surface area contributed by atoms with Crippen LogP contribution >= 0.6 is 0 Å². The third-order valence-electron chi connectivity index (χ3n) is 1.58. The van der Waals surface area contributed by atoms with Gasteiger partial charge in [0.15, 0.2) is 0 Å². The number of aromatic nitrogens is 4. The molecule has 8 nitrogen and oxygen atoms in total. The van der Waals surface area contributed by atoms with Gasteiger partial charge in [0, 0.05) is 19.6 Å². The van der Waals surface area contributed by atoms with Crippen molar-refractivity contribution in [3.05, 3.63) is 5.82 Å². The number of tetrazole rings is 1. The molecular formula is C7H14N6O2. The molecule has 15 heavy (non-hydrogen) atoms. The Bertz CT molecular complexity index is 286. The second-order valence-corrected chi connectivity index (χ2v) is 3.04. The Balaban J connectivity index is 2.08. The topological polar surface area (TPSA) is 116 Å². The van der Waals surface area contributed by atoms with E-state index >= 15 is 0 Å². The molecule has 1 aromatic heterocycles. The number of hydrogen-bond acceptors (Lipinski definition) is 6. The number of aliphatic hydroxyl groups is 1. The molecule has 84 valence electrons. The number of nitrogens with zero attached hydrogens (tertiary/aromatic N) is 3. The van der Waals surface area contributed by atoms with Gasteiger partial charge in [0.25, 0.3) is 11.7 Å². The maximum absolute atomic E-state index is 11.2. The minimum Gasteiger partial charge on any atom is -0.392 e. The number of rotatable bonds is 6. The predicted octanol–water partition coefficient (Wildman–Crippen LogP) is -2.10. The summed E-state index contributed by atoms with van der Waals surface area (Å²) in [7, 11) is 0. The molecule has 1 amide bonds. The average molecular weight is 214 g/mol. The van der Waals surface area contributed by atoms with Crippen LogP contribution in [0.1, 0.15) is 17.5 Å². The zero-order valence-corrected chi connectivity index (χ0v) is 8.40. The normalized spacial score (nSPS) is 12.4. The van der Waals surface area contributed by atoms with Crippen molar-refractivity contribution in [3.8, 4) is 0 Å². The lowest BCUT2D eigenvalue weighted by atomic mass is 10.4. The van der Waals surface area contributed by atoms with E-state index in [4.69, 9.17) is 5.11 Å². The van der Waals surface area contributed by atoms with Crippen LogP contribution in [-0.4, -0.2) is 57.4 Å². The molecule has 1 heterocycles. The van der Waals surface area contributed by atoms with E-state index in [1.54, 1.807) is 6.92 Å². The van der Waals surface area contributed by atoms with Gasteiger partial charge in [0.05, 0.1) is 6.10 Å². The molecule has 0 bridgehead atoms. The molecule has 0 aliphatic carbocycles. The van der Waals surface area contributed by atoms with Crippen molar-refractivity contribution in [2.45, 2.75) is 13.0 Å². The molecule has 1 rings (SSSR count). The van der Waals surface area contributed by atoms with Crippen LogP contribution in [0.15, 0.2) is 0 Å². The first-order chi connectivity index (χ1) is 7.20. The highest BCUT2D eigenvalue weighted by atomic mass is 16.3. The zero-order chi connectivity index (χ0) is 11.1. The number of carbonyl (C=O) groups is 1. The minimum atomic E-state index is -0.391. The minimum absolute atomic E-state index is 0.0190. The molecule has 0 radical (unpaired) electrons. The van der Waals surface area contributed by atoms with Crippen molar-refractivity contribution < 1.29 is 9.90 Å². The Morgan fingerprint density at radius 1 is 1.60 bits per heavy atom. The van der Waals surface area contributed by atoms with Gasteiger partial charge in [-0.3, -0.25) is 4.79 Å². The van der Waals surface area contributed by atoms with Gasteiger partial charge in [0.1, 0.15) is 0 Å². The fourth-order valence-electron chi connectivity index (χ4n) is 0.912. The van der Waals surface area contributed by atoms with Crippen LogP contribution in [0, 0.1) is 0 Å². The third kappa shape index (κ3) is 4.47. The van der Waals surface area contributed by atoms with E-state index in [0.717, 1.165) is 0 Å². The summed E-state index contributed by atoms with van der Waals surface area (Å²) in [5.74, 6) is -0.354. The van der Waals surface area contributed by atoms with Gasteiger partial charge in [-0.2, -0.15) is 5.21 Å². The van der Waals surface area contributed by atoms with Crippen LogP contribution in [0.2, 0.25) is 0 Å². The second kappa shape index (κ2) is 6.04. The number of hydrogen-bond donors (Lipinski definition) is 4. The van der Waals surface area contributed by atoms with E-state index in [2.05, 4.69) is 31.3 Å². The molecule has 0 aliphatic heterocycles. The Hall–Kier alpha value is -1.54. The van der Waals surface area contributed by atoms with E-state index < -0.39 is 6.10 Å². The van der Waals surface area contributed by atoms with E-state index in [9.17, 15) is 4.79 Å². The predicted molar refractivity (Wildman–Crippen MR) is 51.1 cm³/mol. The van der Waals surface area contributed by atoms with Crippen LogP contribution in [0.3, 0.4) is 0 Å². The molecule has 4 N–H and O–H groups in total. The standard InChI is InChI=1S/C7H14N6O2/c1-5(14)4-8-2-3-9-7(15)6-10-12-13-11-6/h5,8,14H,2-4H2,1H3,(H,9,15)(H,10,11,12,13). The lowest BCUT2D eigenvalue weighted by Crippen LogP contribution is -2.34. The van der Waals surface area contributed by atoms with Gasteiger partial charge in [-0.15, -0.1) is 10.2 Å². The summed E-state index contributed by atoms with van der Waals surface area (Å²) in [6, 6.07) is 0. The molecule has 0 saturated heterocycles. The Kier molecular flexibility index (Phi) is 4.64. The van der Waals surface area contributed by atoms with Crippen LogP contribution in [-0.2, 0) is 0 Å².